The van der Waals surface area contributed by atoms with Gasteiger partial charge in [-0.3, -0.25) is 9.78 Å². The van der Waals surface area contributed by atoms with Crippen LogP contribution < -0.4 is 0 Å². The molecule has 3 fully saturated rings. The maximum Gasteiger partial charge on any atom is 0.254 e. The van der Waals surface area contributed by atoms with Crippen molar-refractivity contribution in [1.82, 2.24) is 14.8 Å². The van der Waals surface area contributed by atoms with Crippen LogP contribution in [0.1, 0.15) is 35.2 Å². The monoisotopic (exact) mass is 349 g/mol. The number of benzene rings is 1. The molecule has 2 atom stereocenters. The second-order valence-electron chi connectivity index (χ2n) is 7.64. The first kappa shape index (κ1) is 17.2. The van der Waals surface area contributed by atoms with Gasteiger partial charge in [0.1, 0.15) is 0 Å². The molecule has 0 saturated carbocycles. The van der Waals surface area contributed by atoms with E-state index in [1.807, 2.05) is 12.1 Å². The second kappa shape index (κ2) is 8.00. The van der Waals surface area contributed by atoms with Crippen molar-refractivity contribution in [2.24, 2.45) is 5.92 Å². The zero-order valence-electron chi connectivity index (χ0n) is 15.3. The number of hydrogen-bond acceptors (Lipinski definition) is 3. The predicted molar refractivity (Wildman–Crippen MR) is 103 cm³/mol. The lowest BCUT2D eigenvalue weighted by atomic mass is 9.94. The Kier molecular flexibility index (Phi) is 5.30. The Hall–Kier alpha value is -2.20. The van der Waals surface area contributed by atoms with Crippen LogP contribution in [0.5, 0.6) is 0 Å². The van der Waals surface area contributed by atoms with Gasteiger partial charge in [-0.15, -0.1) is 0 Å². The van der Waals surface area contributed by atoms with Gasteiger partial charge in [0.25, 0.3) is 5.91 Å². The summed E-state index contributed by atoms with van der Waals surface area (Å²) < 4.78 is 0. The van der Waals surface area contributed by atoms with Gasteiger partial charge < -0.3 is 9.80 Å². The fourth-order valence-electron chi connectivity index (χ4n) is 4.42. The summed E-state index contributed by atoms with van der Waals surface area (Å²) in [6, 6.07) is 14.7. The molecule has 136 valence electrons. The standard InChI is InChI=1S/C22H27N3O/c26-22(20-10-12-23-13-11-20)25-16-19-8-9-21(25)17-24(15-19)14-4-7-18-5-2-1-3-6-18/h1-3,5-6,10-13,19,21H,4,7-9,14-17H2/t19-,21+/m0/s1. The van der Waals surface area contributed by atoms with Crippen LogP contribution in [0.2, 0.25) is 0 Å². The minimum Gasteiger partial charge on any atom is -0.334 e. The van der Waals surface area contributed by atoms with Gasteiger partial charge in [-0.25, -0.2) is 0 Å². The normalized spacial score (nSPS) is 23.0. The first-order chi connectivity index (χ1) is 12.8. The maximum atomic E-state index is 12.9. The molecule has 4 heteroatoms. The summed E-state index contributed by atoms with van der Waals surface area (Å²) in [5.41, 5.74) is 2.18. The highest BCUT2D eigenvalue weighted by Crippen LogP contribution is 2.29. The van der Waals surface area contributed by atoms with Crippen molar-refractivity contribution in [3.8, 4) is 0 Å². The Morgan fingerprint density at radius 3 is 2.62 bits per heavy atom. The number of piperidine rings is 1. The molecule has 1 amide bonds. The smallest absolute Gasteiger partial charge is 0.254 e. The summed E-state index contributed by atoms with van der Waals surface area (Å²) in [6.45, 7) is 4.17. The van der Waals surface area contributed by atoms with Gasteiger partial charge in [0.15, 0.2) is 0 Å². The topological polar surface area (TPSA) is 36.4 Å². The number of fused-ring (bicyclic) bond motifs is 4. The fourth-order valence-corrected chi connectivity index (χ4v) is 4.42. The maximum absolute atomic E-state index is 12.9. The number of carbonyl (C=O) groups is 1. The second-order valence-corrected chi connectivity index (χ2v) is 7.64. The van der Waals surface area contributed by atoms with Crippen LogP contribution in [-0.4, -0.2) is 52.9 Å². The van der Waals surface area contributed by atoms with Crippen LogP contribution in [0.15, 0.2) is 54.9 Å². The highest BCUT2D eigenvalue weighted by atomic mass is 16.2. The third kappa shape index (κ3) is 3.96. The summed E-state index contributed by atoms with van der Waals surface area (Å²) in [4.78, 5) is 21.7. The largest absolute Gasteiger partial charge is 0.334 e. The average Bonchev–Trinajstić information content (AvgIpc) is 3.00. The Labute approximate surface area is 155 Å². The quantitative estimate of drug-likeness (QED) is 0.831. The number of rotatable bonds is 5. The van der Waals surface area contributed by atoms with Gasteiger partial charge in [0.2, 0.25) is 0 Å². The summed E-state index contributed by atoms with van der Waals surface area (Å²) in [6.07, 6.45) is 8.11. The first-order valence-electron chi connectivity index (χ1n) is 9.77. The van der Waals surface area contributed by atoms with Crippen molar-refractivity contribution in [1.29, 1.82) is 0 Å². The first-order valence-corrected chi connectivity index (χ1v) is 9.77. The van der Waals surface area contributed by atoms with Crippen LogP contribution in [0.25, 0.3) is 0 Å². The Balaban J connectivity index is 1.36. The van der Waals surface area contributed by atoms with E-state index in [1.165, 1.54) is 18.4 Å². The zero-order valence-corrected chi connectivity index (χ0v) is 15.3. The van der Waals surface area contributed by atoms with E-state index in [-0.39, 0.29) is 5.91 Å². The fraction of sp³-hybridized carbons (Fsp3) is 0.455. The third-order valence-electron chi connectivity index (χ3n) is 5.76. The van der Waals surface area contributed by atoms with Crippen molar-refractivity contribution in [2.45, 2.75) is 31.7 Å². The number of aromatic nitrogens is 1. The molecular formula is C22H27N3O. The molecule has 4 heterocycles. The molecule has 0 unspecified atom stereocenters. The van der Waals surface area contributed by atoms with Crippen LogP contribution in [0, 0.1) is 5.92 Å². The molecule has 5 rings (SSSR count). The third-order valence-corrected chi connectivity index (χ3v) is 5.76. The van der Waals surface area contributed by atoms with Crippen molar-refractivity contribution >= 4 is 5.91 Å². The molecule has 0 N–H and O–H groups in total. The number of pyridine rings is 1. The average molecular weight is 349 g/mol. The molecule has 2 bridgehead atoms. The summed E-state index contributed by atoms with van der Waals surface area (Å²) >= 11 is 0. The number of amides is 1. The molecule has 1 aromatic carbocycles. The lowest BCUT2D eigenvalue weighted by molar-refractivity contribution is 0.0585. The van der Waals surface area contributed by atoms with Gasteiger partial charge in [-0.05, 0) is 55.8 Å². The molecule has 3 aliphatic heterocycles. The van der Waals surface area contributed by atoms with E-state index in [4.69, 9.17) is 0 Å². The van der Waals surface area contributed by atoms with Gasteiger partial charge in [0.05, 0.1) is 0 Å². The van der Waals surface area contributed by atoms with E-state index in [2.05, 4.69) is 45.1 Å². The van der Waals surface area contributed by atoms with Gasteiger partial charge in [-0.1, -0.05) is 30.3 Å². The molecule has 3 saturated heterocycles. The molecule has 3 aliphatic rings. The lowest BCUT2D eigenvalue weighted by Gasteiger charge is -2.36. The van der Waals surface area contributed by atoms with Crippen molar-refractivity contribution < 1.29 is 4.79 Å². The van der Waals surface area contributed by atoms with Crippen LogP contribution in [-0.2, 0) is 6.42 Å². The molecular weight excluding hydrogens is 322 g/mol. The molecule has 0 radical (unpaired) electrons. The molecule has 0 aliphatic carbocycles. The number of carbonyl (C=O) groups excluding carboxylic acids is 1. The molecule has 4 nitrogen and oxygen atoms in total. The molecule has 0 spiro atoms. The van der Waals surface area contributed by atoms with E-state index in [9.17, 15) is 4.79 Å². The number of aryl methyl sites for hydroxylation is 1. The predicted octanol–water partition coefficient (Wildman–Crippen LogP) is 3.25. The Morgan fingerprint density at radius 2 is 1.81 bits per heavy atom. The van der Waals surface area contributed by atoms with Gasteiger partial charge in [0, 0.05) is 43.6 Å². The van der Waals surface area contributed by atoms with Crippen LogP contribution >= 0.6 is 0 Å². The minimum atomic E-state index is 0.174. The Morgan fingerprint density at radius 1 is 1.00 bits per heavy atom. The van der Waals surface area contributed by atoms with Gasteiger partial charge >= 0.3 is 0 Å². The van der Waals surface area contributed by atoms with E-state index < -0.39 is 0 Å². The summed E-state index contributed by atoms with van der Waals surface area (Å²) in [7, 11) is 0. The van der Waals surface area contributed by atoms with Crippen molar-refractivity contribution in [3.05, 3.63) is 66.0 Å². The van der Waals surface area contributed by atoms with Crippen LogP contribution in [0.4, 0.5) is 0 Å². The molecule has 1 aromatic heterocycles. The highest BCUT2D eigenvalue weighted by Gasteiger charge is 2.37. The molecule has 2 aromatic rings. The van der Waals surface area contributed by atoms with E-state index in [0.29, 0.717) is 12.0 Å². The number of nitrogens with zero attached hydrogens (tertiary/aromatic N) is 3. The van der Waals surface area contributed by atoms with E-state index in [1.54, 1.807) is 12.4 Å². The summed E-state index contributed by atoms with van der Waals surface area (Å²) in [5.74, 6) is 0.782. The number of hydrogen-bond donors (Lipinski definition) is 0. The Bertz CT molecular complexity index is 719. The SMILES string of the molecule is O=C(c1ccncc1)N1C[C@H]2CC[C@@H]1CN(CCCc1ccccc1)C2. The van der Waals surface area contributed by atoms with Crippen LogP contribution in [0.3, 0.4) is 0 Å². The van der Waals surface area contributed by atoms with E-state index >= 15 is 0 Å². The molecule has 26 heavy (non-hydrogen) atoms. The minimum absolute atomic E-state index is 0.174. The van der Waals surface area contributed by atoms with Gasteiger partial charge in [-0.2, -0.15) is 0 Å². The summed E-state index contributed by atoms with van der Waals surface area (Å²) in [5, 5.41) is 0. The zero-order chi connectivity index (χ0) is 17.8. The highest BCUT2D eigenvalue weighted by molar-refractivity contribution is 5.94. The lowest BCUT2D eigenvalue weighted by Crippen LogP contribution is -2.47. The van der Waals surface area contributed by atoms with E-state index in [0.717, 1.165) is 44.6 Å². The van der Waals surface area contributed by atoms with Crippen molar-refractivity contribution in [2.75, 3.05) is 26.2 Å². The van der Waals surface area contributed by atoms with Crippen molar-refractivity contribution in [3.63, 3.8) is 0 Å².